The highest BCUT2D eigenvalue weighted by atomic mass is 19.3. The monoisotopic (exact) mass is 292 g/mol. The lowest BCUT2D eigenvalue weighted by molar-refractivity contribution is -0.0498. The first kappa shape index (κ1) is 14.9. The Hall–Kier alpha value is -2.50. The molecule has 0 radical (unpaired) electrons. The number of alkyl halides is 2. The predicted molar refractivity (Wildman–Crippen MR) is 74.4 cm³/mol. The molecule has 1 aromatic heterocycles. The normalized spacial score (nSPS) is 11.3. The predicted octanol–water partition coefficient (Wildman–Crippen LogP) is 3.23. The van der Waals surface area contributed by atoms with E-state index in [4.69, 9.17) is 0 Å². The summed E-state index contributed by atoms with van der Waals surface area (Å²) >= 11 is 0. The summed E-state index contributed by atoms with van der Waals surface area (Å²) in [7, 11) is 1.81. The van der Waals surface area contributed by atoms with Crippen LogP contribution in [0, 0.1) is 6.92 Å². The summed E-state index contributed by atoms with van der Waals surface area (Å²) in [5.74, 6) is -0.351. The number of aryl methyl sites for hydroxylation is 2. The van der Waals surface area contributed by atoms with Gasteiger partial charge in [-0.15, -0.1) is 0 Å². The molecule has 0 aliphatic carbocycles. The van der Waals surface area contributed by atoms with Gasteiger partial charge >= 0.3 is 6.61 Å². The lowest BCUT2D eigenvalue weighted by atomic mass is 10.1. The number of hydrogen-bond donors (Lipinski definition) is 0. The molecule has 1 heterocycles. The SMILES string of the molecule is Cc1cc(/C=C/C(=O)c2cccc(OC(F)F)c2)nn1C. The summed E-state index contributed by atoms with van der Waals surface area (Å²) in [6.45, 7) is -1.01. The number of rotatable bonds is 5. The van der Waals surface area contributed by atoms with E-state index in [9.17, 15) is 13.6 Å². The van der Waals surface area contributed by atoms with E-state index in [1.54, 1.807) is 17.8 Å². The Balaban J connectivity index is 2.12. The van der Waals surface area contributed by atoms with Gasteiger partial charge in [0.15, 0.2) is 5.78 Å². The van der Waals surface area contributed by atoms with Crippen LogP contribution in [0.3, 0.4) is 0 Å². The zero-order valence-corrected chi connectivity index (χ0v) is 11.6. The standard InChI is InChI=1S/C15H14F2N2O2/c1-10-8-12(18-19(10)2)6-7-14(20)11-4-3-5-13(9-11)21-15(16)17/h3-9,15H,1-2H3/b7-6+. The molecule has 0 aliphatic heterocycles. The van der Waals surface area contributed by atoms with Gasteiger partial charge in [0.25, 0.3) is 0 Å². The maximum Gasteiger partial charge on any atom is 0.387 e. The van der Waals surface area contributed by atoms with Gasteiger partial charge in [0, 0.05) is 18.3 Å². The third-order valence-electron chi connectivity index (χ3n) is 2.88. The molecule has 0 atom stereocenters. The van der Waals surface area contributed by atoms with Crippen LogP contribution in [0.25, 0.3) is 6.08 Å². The smallest absolute Gasteiger partial charge is 0.387 e. The van der Waals surface area contributed by atoms with Crippen LogP contribution >= 0.6 is 0 Å². The van der Waals surface area contributed by atoms with Crippen molar-refractivity contribution in [2.45, 2.75) is 13.5 Å². The van der Waals surface area contributed by atoms with Gasteiger partial charge in [0.1, 0.15) is 5.75 Å². The number of carbonyl (C=O) groups excluding carboxylic acids is 1. The van der Waals surface area contributed by atoms with Crippen molar-refractivity contribution in [3.63, 3.8) is 0 Å². The molecule has 21 heavy (non-hydrogen) atoms. The highest BCUT2D eigenvalue weighted by Crippen LogP contribution is 2.17. The molecule has 0 N–H and O–H groups in total. The van der Waals surface area contributed by atoms with Crippen molar-refractivity contribution in [2.24, 2.45) is 7.05 Å². The van der Waals surface area contributed by atoms with Gasteiger partial charge in [-0.05, 0) is 37.3 Å². The molecular formula is C15H14F2N2O2. The molecular weight excluding hydrogens is 278 g/mol. The fourth-order valence-corrected chi connectivity index (χ4v) is 1.75. The molecule has 110 valence electrons. The van der Waals surface area contributed by atoms with E-state index in [1.807, 2.05) is 13.0 Å². The Morgan fingerprint density at radius 1 is 1.38 bits per heavy atom. The second-order valence-electron chi connectivity index (χ2n) is 4.44. The van der Waals surface area contributed by atoms with E-state index in [0.29, 0.717) is 5.69 Å². The van der Waals surface area contributed by atoms with Gasteiger partial charge in [-0.2, -0.15) is 13.9 Å². The molecule has 0 bridgehead atoms. The third-order valence-corrected chi connectivity index (χ3v) is 2.88. The molecule has 4 nitrogen and oxygen atoms in total. The van der Waals surface area contributed by atoms with E-state index in [1.165, 1.54) is 30.3 Å². The van der Waals surface area contributed by atoms with Gasteiger partial charge in [-0.1, -0.05) is 12.1 Å². The van der Waals surface area contributed by atoms with E-state index < -0.39 is 6.61 Å². The number of allylic oxidation sites excluding steroid dienone is 1. The van der Waals surface area contributed by atoms with E-state index in [-0.39, 0.29) is 17.1 Å². The molecule has 0 saturated heterocycles. The largest absolute Gasteiger partial charge is 0.435 e. The minimum atomic E-state index is -2.91. The Kier molecular flexibility index (Phi) is 4.47. The average Bonchev–Trinajstić information content (AvgIpc) is 2.75. The molecule has 6 heteroatoms. The fourth-order valence-electron chi connectivity index (χ4n) is 1.75. The summed E-state index contributed by atoms with van der Waals surface area (Å²) in [5.41, 5.74) is 1.90. The topological polar surface area (TPSA) is 44.1 Å². The second-order valence-corrected chi connectivity index (χ2v) is 4.44. The number of hydrogen-bond acceptors (Lipinski definition) is 3. The highest BCUT2D eigenvalue weighted by Gasteiger charge is 2.08. The van der Waals surface area contributed by atoms with E-state index >= 15 is 0 Å². The quantitative estimate of drug-likeness (QED) is 0.628. The number of aromatic nitrogens is 2. The van der Waals surface area contributed by atoms with Crippen LogP contribution in [-0.4, -0.2) is 22.2 Å². The summed E-state index contributed by atoms with van der Waals surface area (Å²) in [6, 6.07) is 7.51. The molecule has 2 rings (SSSR count). The Labute approximate surface area is 120 Å². The summed E-state index contributed by atoms with van der Waals surface area (Å²) in [5, 5.41) is 4.19. The Bertz CT molecular complexity index is 659. The Morgan fingerprint density at radius 2 is 2.14 bits per heavy atom. The van der Waals surface area contributed by atoms with E-state index in [0.717, 1.165) is 5.69 Å². The highest BCUT2D eigenvalue weighted by molar-refractivity contribution is 6.06. The van der Waals surface area contributed by atoms with Crippen molar-refractivity contribution in [3.05, 3.63) is 53.4 Å². The first-order valence-electron chi connectivity index (χ1n) is 6.23. The van der Waals surface area contributed by atoms with Crippen molar-refractivity contribution in [2.75, 3.05) is 0 Å². The van der Waals surface area contributed by atoms with Crippen molar-refractivity contribution in [1.82, 2.24) is 9.78 Å². The van der Waals surface area contributed by atoms with Crippen LogP contribution in [-0.2, 0) is 7.05 Å². The molecule has 0 amide bonds. The maximum atomic E-state index is 12.1. The van der Waals surface area contributed by atoms with E-state index in [2.05, 4.69) is 9.84 Å². The summed E-state index contributed by atoms with van der Waals surface area (Å²) in [4.78, 5) is 12.0. The van der Waals surface area contributed by atoms with Crippen LogP contribution in [0.2, 0.25) is 0 Å². The van der Waals surface area contributed by atoms with Crippen LogP contribution in [0.1, 0.15) is 21.7 Å². The number of ketones is 1. The first-order chi connectivity index (χ1) is 9.95. The zero-order chi connectivity index (χ0) is 15.4. The maximum absolute atomic E-state index is 12.1. The fraction of sp³-hybridized carbons (Fsp3) is 0.200. The molecule has 0 unspecified atom stereocenters. The first-order valence-corrected chi connectivity index (χ1v) is 6.23. The second kappa shape index (κ2) is 6.30. The van der Waals surface area contributed by atoms with Crippen LogP contribution in [0.5, 0.6) is 5.75 Å². The number of halogens is 2. The lowest BCUT2D eigenvalue weighted by Gasteiger charge is -2.04. The lowest BCUT2D eigenvalue weighted by Crippen LogP contribution is -2.03. The minimum absolute atomic E-state index is 0.0436. The van der Waals surface area contributed by atoms with Crippen LogP contribution in [0.4, 0.5) is 8.78 Å². The minimum Gasteiger partial charge on any atom is -0.435 e. The Morgan fingerprint density at radius 3 is 2.76 bits per heavy atom. The van der Waals surface area contributed by atoms with Crippen molar-refractivity contribution in [3.8, 4) is 5.75 Å². The molecule has 1 aromatic carbocycles. The number of carbonyl (C=O) groups is 1. The molecule has 0 fully saturated rings. The summed E-state index contributed by atoms with van der Waals surface area (Å²) in [6.07, 6.45) is 2.93. The van der Waals surface area contributed by atoms with Crippen LogP contribution < -0.4 is 4.74 Å². The molecule has 2 aromatic rings. The molecule has 0 aliphatic rings. The van der Waals surface area contributed by atoms with Gasteiger partial charge in [0.2, 0.25) is 0 Å². The van der Waals surface area contributed by atoms with Crippen molar-refractivity contribution >= 4 is 11.9 Å². The van der Waals surface area contributed by atoms with Gasteiger partial charge in [0.05, 0.1) is 5.69 Å². The summed E-state index contributed by atoms with van der Waals surface area (Å²) < 4.78 is 30.2. The van der Waals surface area contributed by atoms with Gasteiger partial charge < -0.3 is 4.74 Å². The average molecular weight is 292 g/mol. The third kappa shape index (κ3) is 3.98. The van der Waals surface area contributed by atoms with Gasteiger partial charge in [-0.25, -0.2) is 0 Å². The van der Waals surface area contributed by atoms with Gasteiger partial charge in [-0.3, -0.25) is 9.48 Å². The van der Waals surface area contributed by atoms with Crippen molar-refractivity contribution in [1.29, 1.82) is 0 Å². The molecule has 0 saturated carbocycles. The zero-order valence-electron chi connectivity index (χ0n) is 11.6. The molecule has 0 spiro atoms. The van der Waals surface area contributed by atoms with Crippen LogP contribution in [0.15, 0.2) is 36.4 Å². The number of ether oxygens (including phenoxy) is 1. The number of benzene rings is 1. The number of nitrogens with zero attached hydrogens (tertiary/aromatic N) is 2. The van der Waals surface area contributed by atoms with Crippen molar-refractivity contribution < 1.29 is 18.3 Å².